The lowest BCUT2D eigenvalue weighted by molar-refractivity contribution is -0.206. The molecule has 9 heteroatoms. The molecule has 0 bridgehead atoms. The van der Waals surface area contributed by atoms with Gasteiger partial charge in [0, 0.05) is 12.8 Å². The van der Waals surface area contributed by atoms with Crippen molar-refractivity contribution in [3.63, 3.8) is 0 Å². The fourth-order valence-electron chi connectivity index (χ4n) is 6.31. The molecular formula is C30H43N3O5Si. The molecule has 2 aliphatic heterocycles. The summed E-state index contributed by atoms with van der Waals surface area (Å²) >= 11 is 0. The molecule has 39 heavy (non-hydrogen) atoms. The fourth-order valence-corrected chi connectivity index (χ4v) is 9.12. The number of aryl methyl sites for hydroxylation is 2. The number of aromatic nitrogens is 1. The van der Waals surface area contributed by atoms with Crippen LogP contribution < -0.4 is 0 Å². The predicted octanol–water partition coefficient (Wildman–Crippen LogP) is 5.66. The van der Waals surface area contributed by atoms with Crippen molar-refractivity contribution < 1.29 is 23.7 Å². The highest BCUT2D eigenvalue weighted by molar-refractivity contribution is 6.73. The lowest BCUT2D eigenvalue weighted by Crippen LogP contribution is -2.43. The molecule has 2 fully saturated rings. The van der Waals surface area contributed by atoms with Crippen molar-refractivity contribution in [1.29, 1.82) is 0 Å². The van der Waals surface area contributed by atoms with Gasteiger partial charge in [-0.25, -0.2) is 4.99 Å². The largest absolute Gasteiger partial charge is 0.407 e. The smallest absolute Gasteiger partial charge is 0.193 e. The van der Waals surface area contributed by atoms with E-state index >= 15 is 0 Å². The molecule has 5 rings (SSSR count). The summed E-state index contributed by atoms with van der Waals surface area (Å²) in [5, 5.41) is 9.64. The summed E-state index contributed by atoms with van der Waals surface area (Å²) in [5.74, 6) is -0.0881. The van der Waals surface area contributed by atoms with Crippen molar-refractivity contribution in [2.24, 2.45) is 9.98 Å². The van der Waals surface area contributed by atoms with Gasteiger partial charge in [-0.05, 0) is 86.3 Å². The topological polar surface area (TPSA) is 86.8 Å². The molecule has 0 spiro atoms. The highest BCUT2D eigenvalue weighted by atomic mass is 28.4. The summed E-state index contributed by atoms with van der Waals surface area (Å²) in [5.41, 5.74) is 4.89. The van der Waals surface area contributed by atoms with Crippen LogP contribution in [0, 0.1) is 0 Å². The van der Waals surface area contributed by atoms with Gasteiger partial charge in [-0.3, -0.25) is 4.99 Å². The van der Waals surface area contributed by atoms with Crippen LogP contribution >= 0.6 is 0 Å². The number of nitrogens with zero attached hydrogens (tertiary/aromatic N) is 3. The first-order chi connectivity index (χ1) is 18.8. The molecule has 3 heterocycles. The Morgan fingerprint density at radius 1 is 1.13 bits per heavy atom. The van der Waals surface area contributed by atoms with Crippen LogP contribution in [0.5, 0.6) is 0 Å². The SMILES string of the molecule is C=NC=Nc1c(CCO)ccn1[C@@H]1O[C@H](C(O[Si](CC)(CC)CC)c2ccc3c(c2)CC3)[C@H]2OC(C)(C)O[C@H]21. The van der Waals surface area contributed by atoms with E-state index in [1.807, 2.05) is 30.7 Å². The number of ether oxygens (including phenoxy) is 3. The van der Waals surface area contributed by atoms with Crippen molar-refractivity contribution in [2.75, 3.05) is 6.61 Å². The number of fused-ring (bicyclic) bond motifs is 2. The van der Waals surface area contributed by atoms with Gasteiger partial charge in [0.2, 0.25) is 0 Å². The Morgan fingerprint density at radius 3 is 2.46 bits per heavy atom. The first-order valence-electron chi connectivity index (χ1n) is 14.4. The molecule has 1 N–H and O–H groups in total. The van der Waals surface area contributed by atoms with Crippen LogP contribution in [0.25, 0.3) is 0 Å². The number of aliphatic imine (C=N–C) groups is 2. The van der Waals surface area contributed by atoms with Gasteiger partial charge < -0.3 is 28.3 Å². The summed E-state index contributed by atoms with van der Waals surface area (Å²) in [6.07, 6.45) is 4.29. The molecule has 1 unspecified atom stereocenters. The fraction of sp³-hybridized carbons (Fsp3) is 0.600. The standard InChI is InChI=1S/C30H43N3O5Si/c1-7-39(8-2,9-3)38-24(23-13-11-20-10-12-22(20)18-23)25-26-27(37-30(4,5)36-26)29(35-25)33-16-14-21(15-17-34)28(33)32-19-31-6/h11,13-14,16,18-19,24-27,29,34H,6-10,12,15,17H2,1-5H3/t24?,25-,26-,27-,29-/m1/s1. The van der Waals surface area contributed by atoms with E-state index in [0.29, 0.717) is 12.2 Å². The van der Waals surface area contributed by atoms with Gasteiger partial charge >= 0.3 is 0 Å². The predicted molar refractivity (Wildman–Crippen MR) is 156 cm³/mol. The van der Waals surface area contributed by atoms with Crippen molar-refractivity contribution in [1.82, 2.24) is 4.57 Å². The van der Waals surface area contributed by atoms with Crippen molar-refractivity contribution >= 4 is 27.2 Å². The molecule has 2 aromatic rings. The van der Waals surface area contributed by atoms with Crippen LogP contribution in [0.4, 0.5) is 5.82 Å². The number of rotatable bonds is 12. The number of benzene rings is 1. The molecule has 8 nitrogen and oxygen atoms in total. The zero-order valence-corrected chi connectivity index (χ0v) is 24.9. The highest BCUT2D eigenvalue weighted by Crippen LogP contribution is 2.50. The Labute approximate surface area is 233 Å². The summed E-state index contributed by atoms with van der Waals surface area (Å²) < 4.78 is 29.2. The molecule has 3 aliphatic rings. The van der Waals surface area contributed by atoms with E-state index in [4.69, 9.17) is 18.6 Å². The van der Waals surface area contributed by atoms with Crippen LogP contribution in [-0.2, 0) is 37.9 Å². The number of aliphatic hydroxyl groups excluding tert-OH is 1. The number of aliphatic hydroxyl groups is 1. The second-order valence-corrected chi connectivity index (χ2v) is 16.1. The maximum atomic E-state index is 9.64. The van der Waals surface area contributed by atoms with E-state index in [9.17, 15) is 5.11 Å². The summed E-state index contributed by atoms with van der Waals surface area (Å²) in [6.45, 7) is 14.2. The van der Waals surface area contributed by atoms with Crippen molar-refractivity contribution in [2.45, 2.75) is 108 Å². The van der Waals surface area contributed by atoms with E-state index < -0.39 is 20.3 Å². The normalized spacial score (nSPS) is 26.4. The minimum Gasteiger partial charge on any atom is -0.407 e. The van der Waals surface area contributed by atoms with Crippen LogP contribution in [0.3, 0.4) is 0 Å². The molecule has 1 aromatic heterocycles. The van der Waals surface area contributed by atoms with Gasteiger partial charge in [-0.1, -0.05) is 39.0 Å². The molecule has 0 saturated carbocycles. The lowest BCUT2D eigenvalue weighted by Gasteiger charge is -2.38. The average molecular weight is 554 g/mol. The summed E-state index contributed by atoms with van der Waals surface area (Å²) in [4.78, 5) is 8.36. The van der Waals surface area contributed by atoms with Crippen molar-refractivity contribution in [3.8, 4) is 0 Å². The second-order valence-electron chi connectivity index (χ2n) is 11.3. The van der Waals surface area contributed by atoms with E-state index in [1.165, 1.54) is 17.5 Å². The first kappa shape index (κ1) is 28.4. The molecule has 1 aliphatic carbocycles. The van der Waals surface area contributed by atoms with Gasteiger partial charge in [-0.15, -0.1) is 0 Å². The number of hydrogen-bond donors (Lipinski definition) is 1. The monoisotopic (exact) mass is 553 g/mol. The molecule has 5 atom stereocenters. The third-order valence-electron chi connectivity index (χ3n) is 8.78. The van der Waals surface area contributed by atoms with E-state index in [-0.39, 0.29) is 31.0 Å². The third-order valence-corrected chi connectivity index (χ3v) is 13.4. The minimum atomic E-state index is -2.01. The third kappa shape index (κ3) is 5.32. The Hall–Kier alpha value is -2.14. The molecule has 212 valence electrons. The summed E-state index contributed by atoms with van der Waals surface area (Å²) in [7, 11) is -2.01. The molecular weight excluding hydrogens is 510 g/mol. The van der Waals surface area contributed by atoms with Gasteiger partial charge in [0.15, 0.2) is 20.3 Å². The molecule has 0 radical (unpaired) electrons. The van der Waals surface area contributed by atoms with Gasteiger partial charge in [-0.2, -0.15) is 0 Å². The second kappa shape index (κ2) is 11.4. The van der Waals surface area contributed by atoms with Gasteiger partial charge in [0.1, 0.15) is 30.5 Å². The quantitative estimate of drug-likeness (QED) is 0.208. The van der Waals surface area contributed by atoms with Crippen LogP contribution in [-0.4, -0.2) is 61.8 Å². The Kier molecular flexibility index (Phi) is 8.29. The van der Waals surface area contributed by atoms with E-state index in [2.05, 4.69) is 55.7 Å². The highest BCUT2D eigenvalue weighted by Gasteiger charge is 2.59. The average Bonchev–Trinajstić information content (AvgIpc) is 3.55. The van der Waals surface area contributed by atoms with Crippen molar-refractivity contribution in [3.05, 3.63) is 52.7 Å². The molecule has 0 amide bonds. The van der Waals surface area contributed by atoms with E-state index in [0.717, 1.165) is 42.1 Å². The Bertz CT molecular complexity index is 1200. The zero-order chi connectivity index (χ0) is 27.8. The molecule has 1 aromatic carbocycles. The number of hydrogen-bond acceptors (Lipinski definition) is 6. The van der Waals surface area contributed by atoms with Gasteiger partial charge in [0.05, 0.1) is 6.10 Å². The maximum absolute atomic E-state index is 9.64. The summed E-state index contributed by atoms with van der Waals surface area (Å²) in [6, 6.07) is 11.9. The minimum absolute atomic E-state index is 0.0207. The van der Waals surface area contributed by atoms with Crippen LogP contribution in [0.2, 0.25) is 18.1 Å². The van der Waals surface area contributed by atoms with E-state index in [1.54, 1.807) is 0 Å². The van der Waals surface area contributed by atoms with Crippen LogP contribution in [0.15, 0.2) is 40.4 Å². The van der Waals surface area contributed by atoms with Gasteiger partial charge in [0.25, 0.3) is 0 Å². The Balaban J connectivity index is 1.57. The Morgan fingerprint density at radius 2 is 1.85 bits per heavy atom. The zero-order valence-electron chi connectivity index (χ0n) is 23.9. The first-order valence-corrected chi connectivity index (χ1v) is 16.9. The lowest BCUT2D eigenvalue weighted by atomic mass is 9.85. The molecule has 2 saturated heterocycles. The van der Waals surface area contributed by atoms with Crippen LogP contribution in [0.1, 0.15) is 69.2 Å². The maximum Gasteiger partial charge on any atom is 0.193 e.